The zero-order valence-electron chi connectivity index (χ0n) is 14.6. The molecule has 2 aromatic carbocycles. The first kappa shape index (κ1) is 18.7. The van der Waals surface area contributed by atoms with Gasteiger partial charge in [-0.15, -0.1) is 0 Å². The molecule has 1 aromatic heterocycles. The Hall–Kier alpha value is -3.06. The van der Waals surface area contributed by atoms with Crippen molar-refractivity contribution in [2.45, 2.75) is 13.5 Å². The summed E-state index contributed by atoms with van der Waals surface area (Å²) < 4.78 is 21.2. The third kappa shape index (κ3) is 4.57. The Morgan fingerprint density at radius 3 is 2.70 bits per heavy atom. The number of thiazole rings is 1. The fourth-order valence-electron chi connectivity index (χ4n) is 2.52. The van der Waals surface area contributed by atoms with Crippen LogP contribution in [0.15, 0.2) is 59.6 Å². The molecular weight excluding hydrogens is 367 g/mol. The van der Waals surface area contributed by atoms with Crippen LogP contribution < -0.4 is 4.80 Å². The van der Waals surface area contributed by atoms with Gasteiger partial charge >= 0.3 is 5.97 Å². The first-order chi connectivity index (χ1) is 13.1. The van der Waals surface area contributed by atoms with Crippen molar-refractivity contribution in [3.05, 3.63) is 70.8 Å². The molecule has 138 valence electrons. The molecule has 0 N–H and O–H groups in total. The van der Waals surface area contributed by atoms with Gasteiger partial charge in [0.2, 0.25) is 0 Å². The summed E-state index contributed by atoms with van der Waals surface area (Å²) >= 11 is 1.14. The monoisotopic (exact) mass is 384 g/mol. The molecule has 0 fully saturated rings. The lowest BCUT2D eigenvalue weighted by molar-refractivity contribution is -0.143. The van der Waals surface area contributed by atoms with Crippen molar-refractivity contribution >= 4 is 39.5 Å². The highest BCUT2D eigenvalue weighted by molar-refractivity contribution is 7.16. The van der Waals surface area contributed by atoms with Gasteiger partial charge in [-0.3, -0.25) is 9.59 Å². The molecule has 0 radical (unpaired) electrons. The summed E-state index contributed by atoms with van der Waals surface area (Å²) in [4.78, 5) is 28.4. The molecule has 0 aliphatic heterocycles. The van der Waals surface area contributed by atoms with Crippen LogP contribution in [-0.4, -0.2) is 23.1 Å². The summed E-state index contributed by atoms with van der Waals surface area (Å²) in [6.07, 6.45) is 2.99. The predicted octanol–water partition coefficient (Wildman–Crippen LogP) is 3.55. The lowest BCUT2D eigenvalue weighted by atomic mass is 10.2. The summed E-state index contributed by atoms with van der Waals surface area (Å²) in [5, 5.41) is 0. The normalized spacial score (nSPS) is 12.0. The van der Waals surface area contributed by atoms with E-state index in [0.717, 1.165) is 16.9 Å². The fourth-order valence-corrected chi connectivity index (χ4v) is 3.57. The van der Waals surface area contributed by atoms with Crippen LogP contribution in [0, 0.1) is 5.82 Å². The number of nitrogens with zero attached hydrogens (tertiary/aromatic N) is 2. The van der Waals surface area contributed by atoms with Gasteiger partial charge in [-0.1, -0.05) is 47.7 Å². The lowest BCUT2D eigenvalue weighted by Gasteiger charge is -2.05. The molecule has 3 rings (SSSR count). The smallest absolute Gasteiger partial charge is 0.326 e. The minimum Gasteiger partial charge on any atom is -0.465 e. The van der Waals surface area contributed by atoms with E-state index in [-0.39, 0.29) is 23.5 Å². The number of para-hydroxylation sites is 1. The number of ether oxygens (including phenoxy) is 1. The van der Waals surface area contributed by atoms with Gasteiger partial charge in [-0.05, 0) is 30.7 Å². The molecule has 0 atom stereocenters. The summed E-state index contributed by atoms with van der Waals surface area (Å²) in [6, 6.07) is 13.9. The van der Waals surface area contributed by atoms with Crippen LogP contribution in [0.5, 0.6) is 0 Å². The number of hydrogen-bond donors (Lipinski definition) is 0. The summed E-state index contributed by atoms with van der Waals surface area (Å²) in [5.41, 5.74) is 1.09. The van der Waals surface area contributed by atoms with Gasteiger partial charge in [0, 0.05) is 6.08 Å². The van der Waals surface area contributed by atoms with Gasteiger partial charge in [0.15, 0.2) is 4.80 Å². The number of benzene rings is 2. The van der Waals surface area contributed by atoms with Crippen LogP contribution in [-0.2, 0) is 20.9 Å². The van der Waals surface area contributed by atoms with Crippen LogP contribution >= 0.6 is 11.3 Å². The topological polar surface area (TPSA) is 60.7 Å². The highest BCUT2D eigenvalue weighted by Crippen LogP contribution is 2.20. The van der Waals surface area contributed by atoms with E-state index in [1.165, 1.54) is 16.7 Å². The number of carbonyl (C=O) groups excluding carboxylic acids is 2. The van der Waals surface area contributed by atoms with Gasteiger partial charge in [0.05, 0.1) is 16.8 Å². The molecule has 0 unspecified atom stereocenters. The summed E-state index contributed by atoms with van der Waals surface area (Å²) in [7, 11) is 0. The zero-order valence-corrected chi connectivity index (χ0v) is 15.4. The SMILES string of the molecule is CCOC(=O)Cn1c(=NC(=O)/C=C/c2ccccc2)sc2cccc(F)c21. The van der Waals surface area contributed by atoms with Crippen molar-refractivity contribution in [2.75, 3.05) is 6.61 Å². The van der Waals surface area contributed by atoms with Crippen molar-refractivity contribution in [3.63, 3.8) is 0 Å². The van der Waals surface area contributed by atoms with Crippen molar-refractivity contribution < 1.29 is 18.7 Å². The van der Waals surface area contributed by atoms with Crippen molar-refractivity contribution in [3.8, 4) is 0 Å². The number of aromatic nitrogens is 1. The van der Waals surface area contributed by atoms with Crippen LogP contribution in [0.4, 0.5) is 4.39 Å². The maximum absolute atomic E-state index is 14.3. The molecule has 0 aliphatic rings. The lowest BCUT2D eigenvalue weighted by Crippen LogP contribution is -2.23. The molecule has 1 heterocycles. The first-order valence-corrected chi connectivity index (χ1v) is 9.15. The van der Waals surface area contributed by atoms with E-state index >= 15 is 0 Å². The molecule has 0 aliphatic carbocycles. The zero-order chi connectivity index (χ0) is 19.2. The van der Waals surface area contributed by atoms with Crippen molar-refractivity contribution in [1.29, 1.82) is 0 Å². The number of fused-ring (bicyclic) bond motifs is 1. The second-order valence-corrected chi connectivity index (χ2v) is 6.57. The van der Waals surface area contributed by atoms with Gasteiger partial charge in [-0.25, -0.2) is 4.39 Å². The Kier molecular flexibility index (Phi) is 5.93. The molecule has 0 saturated heterocycles. The third-order valence-corrected chi connectivity index (χ3v) is 4.71. The number of amides is 1. The second kappa shape index (κ2) is 8.55. The number of esters is 1. The van der Waals surface area contributed by atoms with E-state index in [1.54, 1.807) is 25.1 Å². The maximum atomic E-state index is 14.3. The number of hydrogen-bond acceptors (Lipinski definition) is 4. The van der Waals surface area contributed by atoms with Crippen LogP contribution in [0.3, 0.4) is 0 Å². The Morgan fingerprint density at radius 2 is 1.96 bits per heavy atom. The number of carbonyl (C=O) groups is 2. The average Bonchev–Trinajstić information content (AvgIpc) is 2.99. The molecule has 0 saturated carbocycles. The maximum Gasteiger partial charge on any atom is 0.326 e. The molecule has 5 nitrogen and oxygen atoms in total. The minimum absolute atomic E-state index is 0.217. The molecule has 0 spiro atoms. The first-order valence-electron chi connectivity index (χ1n) is 8.33. The van der Waals surface area contributed by atoms with E-state index in [4.69, 9.17) is 4.74 Å². The predicted molar refractivity (Wildman–Crippen MR) is 102 cm³/mol. The number of rotatable bonds is 5. The summed E-state index contributed by atoms with van der Waals surface area (Å²) in [5.74, 6) is -1.50. The highest BCUT2D eigenvalue weighted by Gasteiger charge is 2.14. The third-order valence-electron chi connectivity index (χ3n) is 3.67. The minimum atomic E-state index is -0.519. The van der Waals surface area contributed by atoms with Crippen LogP contribution in [0.1, 0.15) is 12.5 Å². The standard InChI is InChI=1S/C20H17FN2O3S/c1-2-26-18(25)13-23-19-15(21)9-6-10-16(19)27-20(23)22-17(24)12-11-14-7-4-3-5-8-14/h3-12H,2,13H2,1H3/b12-11+,22-20?. The molecule has 1 amide bonds. The van der Waals surface area contributed by atoms with Crippen LogP contribution in [0.25, 0.3) is 16.3 Å². The Bertz CT molecular complexity index is 1070. The Morgan fingerprint density at radius 1 is 1.19 bits per heavy atom. The molecule has 7 heteroatoms. The quantitative estimate of drug-likeness (QED) is 0.499. The van der Waals surface area contributed by atoms with Gasteiger partial charge < -0.3 is 9.30 Å². The summed E-state index contributed by atoms with van der Waals surface area (Å²) in [6.45, 7) is 1.69. The largest absolute Gasteiger partial charge is 0.465 e. The van der Waals surface area contributed by atoms with E-state index in [9.17, 15) is 14.0 Å². The Labute approximate surface area is 159 Å². The molecule has 3 aromatic rings. The fraction of sp³-hybridized carbons (Fsp3) is 0.150. The highest BCUT2D eigenvalue weighted by atomic mass is 32.1. The van der Waals surface area contributed by atoms with E-state index in [2.05, 4.69) is 4.99 Å². The van der Waals surface area contributed by atoms with Crippen LogP contribution in [0.2, 0.25) is 0 Å². The van der Waals surface area contributed by atoms with E-state index in [0.29, 0.717) is 4.70 Å². The Balaban J connectivity index is 2.00. The molecular formula is C20H17FN2O3S. The second-order valence-electron chi connectivity index (χ2n) is 5.56. The van der Waals surface area contributed by atoms with E-state index in [1.807, 2.05) is 30.3 Å². The van der Waals surface area contributed by atoms with Gasteiger partial charge in [0.1, 0.15) is 12.4 Å². The van der Waals surface area contributed by atoms with Crippen molar-refractivity contribution in [1.82, 2.24) is 4.57 Å². The van der Waals surface area contributed by atoms with Gasteiger partial charge in [0.25, 0.3) is 5.91 Å². The van der Waals surface area contributed by atoms with E-state index < -0.39 is 17.7 Å². The average molecular weight is 384 g/mol. The molecule has 0 bridgehead atoms. The molecule has 27 heavy (non-hydrogen) atoms. The van der Waals surface area contributed by atoms with Gasteiger partial charge in [-0.2, -0.15) is 4.99 Å². The van der Waals surface area contributed by atoms with Crippen molar-refractivity contribution in [2.24, 2.45) is 4.99 Å². The number of halogens is 1.